The molecule has 0 saturated heterocycles. The molecule has 0 aromatic carbocycles. The van der Waals surface area contributed by atoms with Gasteiger partial charge in [0.25, 0.3) is 0 Å². The number of rotatable bonds is 5. The van der Waals surface area contributed by atoms with Crippen LogP contribution < -0.4 is 0 Å². The van der Waals surface area contributed by atoms with Crippen LogP contribution in [0.15, 0.2) is 36.0 Å². The Labute approximate surface area is 128 Å². The molecule has 0 saturated carbocycles. The van der Waals surface area contributed by atoms with E-state index in [2.05, 4.69) is 6.58 Å². The predicted molar refractivity (Wildman–Crippen MR) is 77.6 cm³/mol. The lowest BCUT2D eigenvalue weighted by atomic mass is 9.88. The second kappa shape index (κ2) is 7.17. The Kier molecular flexibility index (Phi) is 6.04. The Morgan fingerprint density at radius 2 is 2.00 bits per heavy atom. The van der Waals surface area contributed by atoms with E-state index < -0.39 is 42.6 Å². The van der Waals surface area contributed by atoms with Gasteiger partial charge in [0.2, 0.25) is 0 Å². The summed E-state index contributed by atoms with van der Waals surface area (Å²) in [5, 5.41) is 48.3. The predicted octanol–water partition coefficient (Wildman–Crippen LogP) is -1.20. The number of aliphatic hydroxyl groups is 5. The highest BCUT2D eigenvalue weighted by Gasteiger charge is 2.40. The number of esters is 1. The van der Waals surface area contributed by atoms with Crippen molar-refractivity contribution in [2.24, 2.45) is 0 Å². The van der Waals surface area contributed by atoms with Crippen molar-refractivity contribution in [1.82, 2.24) is 0 Å². The van der Waals surface area contributed by atoms with Gasteiger partial charge < -0.3 is 30.3 Å². The average Bonchev–Trinajstić information content (AvgIpc) is 2.43. The Hall–Kier alpha value is -1.51. The van der Waals surface area contributed by atoms with Crippen LogP contribution in [-0.2, 0) is 9.53 Å². The van der Waals surface area contributed by atoms with Gasteiger partial charge in [0.1, 0.15) is 18.3 Å². The van der Waals surface area contributed by atoms with E-state index in [0.717, 1.165) is 0 Å². The zero-order chi connectivity index (χ0) is 17.1. The van der Waals surface area contributed by atoms with Crippen molar-refractivity contribution in [3.05, 3.63) is 36.0 Å². The molecular weight excluding hydrogens is 292 g/mol. The van der Waals surface area contributed by atoms with E-state index >= 15 is 0 Å². The molecule has 0 bridgehead atoms. The summed E-state index contributed by atoms with van der Waals surface area (Å²) in [4.78, 5) is 11.5. The minimum Gasteiger partial charge on any atom is -0.453 e. The van der Waals surface area contributed by atoms with E-state index in [4.69, 9.17) is 9.84 Å². The van der Waals surface area contributed by atoms with Gasteiger partial charge in [-0.2, -0.15) is 0 Å². The van der Waals surface area contributed by atoms with E-state index in [1.54, 1.807) is 0 Å². The zero-order valence-corrected chi connectivity index (χ0v) is 12.5. The van der Waals surface area contributed by atoms with Crippen LogP contribution in [0.5, 0.6) is 0 Å². The average molecular weight is 314 g/mol. The highest BCUT2D eigenvalue weighted by atomic mass is 16.6. The summed E-state index contributed by atoms with van der Waals surface area (Å²) in [7, 11) is 0. The molecule has 7 nitrogen and oxygen atoms in total. The minimum atomic E-state index is -1.56. The number of aliphatic hydroxyl groups excluding tert-OH is 4. The molecule has 0 aliphatic heterocycles. The fraction of sp³-hybridized carbons (Fsp3) is 0.533. The SMILES string of the molecule is C=C(CO)C(=O)O[C@@H]1[C@@H](O)[C@@H](O)C(C=CC(C)(C)O)=C[C@H]1O. The largest absolute Gasteiger partial charge is 0.453 e. The van der Waals surface area contributed by atoms with Gasteiger partial charge in [0.05, 0.1) is 17.8 Å². The quantitative estimate of drug-likeness (QED) is 0.318. The van der Waals surface area contributed by atoms with Crippen molar-refractivity contribution in [1.29, 1.82) is 0 Å². The first-order valence-electron chi connectivity index (χ1n) is 6.74. The van der Waals surface area contributed by atoms with Gasteiger partial charge in [-0.05, 0) is 25.5 Å². The van der Waals surface area contributed by atoms with Gasteiger partial charge in [-0.15, -0.1) is 0 Å². The van der Waals surface area contributed by atoms with Crippen molar-refractivity contribution in [2.75, 3.05) is 6.61 Å². The van der Waals surface area contributed by atoms with Crippen LogP contribution in [0.4, 0.5) is 0 Å². The highest BCUT2D eigenvalue weighted by Crippen LogP contribution is 2.25. The van der Waals surface area contributed by atoms with Gasteiger partial charge >= 0.3 is 5.97 Å². The fourth-order valence-electron chi connectivity index (χ4n) is 1.83. The molecular formula is C15H22O7. The zero-order valence-electron chi connectivity index (χ0n) is 12.5. The van der Waals surface area contributed by atoms with E-state index in [0.29, 0.717) is 0 Å². The lowest BCUT2D eigenvalue weighted by Crippen LogP contribution is -2.50. The number of hydrogen-bond acceptors (Lipinski definition) is 7. The summed E-state index contributed by atoms with van der Waals surface area (Å²) in [6, 6.07) is 0. The Morgan fingerprint density at radius 3 is 2.50 bits per heavy atom. The molecule has 0 unspecified atom stereocenters. The third-order valence-electron chi connectivity index (χ3n) is 3.11. The smallest absolute Gasteiger partial charge is 0.336 e. The second-order valence-corrected chi connectivity index (χ2v) is 5.71. The third kappa shape index (κ3) is 4.75. The fourth-order valence-corrected chi connectivity index (χ4v) is 1.83. The molecule has 1 aliphatic rings. The lowest BCUT2D eigenvalue weighted by molar-refractivity contribution is -0.164. The molecule has 0 fully saturated rings. The first kappa shape index (κ1) is 18.5. The monoisotopic (exact) mass is 314 g/mol. The molecule has 0 heterocycles. The number of carbonyl (C=O) groups excluding carboxylic acids is 1. The van der Waals surface area contributed by atoms with Gasteiger partial charge in [0.15, 0.2) is 6.10 Å². The molecule has 0 aromatic heterocycles. The lowest BCUT2D eigenvalue weighted by Gasteiger charge is -2.34. The molecule has 0 amide bonds. The van der Waals surface area contributed by atoms with Crippen LogP contribution in [0, 0.1) is 0 Å². The third-order valence-corrected chi connectivity index (χ3v) is 3.11. The maximum atomic E-state index is 11.5. The second-order valence-electron chi connectivity index (χ2n) is 5.71. The van der Waals surface area contributed by atoms with Crippen molar-refractivity contribution < 1.29 is 35.1 Å². The first-order valence-corrected chi connectivity index (χ1v) is 6.74. The van der Waals surface area contributed by atoms with Gasteiger partial charge in [0, 0.05) is 0 Å². The summed E-state index contributed by atoms with van der Waals surface area (Å²) in [5.41, 5.74) is -1.17. The van der Waals surface area contributed by atoms with E-state index in [1.165, 1.54) is 32.1 Å². The molecule has 0 radical (unpaired) electrons. The summed E-state index contributed by atoms with van der Waals surface area (Å²) >= 11 is 0. The topological polar surface area (TPSA) is 127 Å². The number of hydrogen-bond donors (Lipinski definition) is 5. The molecule has 22 heavy (non-hydrogen) atoms. The molecule has 7 heteroatoms. The minimum absolute atomic E-state index is 0.190. The Morgan fingerprint density at radius 1 is 1.41 bits per heavy atom. The molecule has 124 valence electrons. The van der Waals surface area contributed by atoms with Crippen molar-refractivity contribution >= 4 is 5.97 Å². The standard InChI is InChI=1S/C15H22O7/c1-8(7-16)14(20)22-13-10(17)6-9(11(18)12(13)19)4-5-15(2,3)21/h4-6,10-13,16-19,21H,1,7H2,2-3H3/t10-,11+,12+,13+/m1/s1. The van der Waals surface area contributed by atoms with Crippen LogP contribution in [-0.4, -0.2) is 68.1 Å². The van der Waals surface area contributed by atoms with Crippen molar-refractivity contribution in [3.63, 3.8) is 0 Å². The van der Waals surface area contributed by atoms with E-state index in [-0.39, 0.29) is 11.1 Å². The summed E-state index contributed by atoms with van der Waals surface area (Å²) in [6.07, 6.45) is -1.71. The maximum Gasteiger partial charge on any atom is 0.336 e. The van der Waals surface area contributed by atoms with E-state index in [1.807, 2.05) is 0 Å². The van der Waals surface area contributed by atoms with Crippen molar-refractivity contribution in [3.8, 4) is 0 Å². The van der Waals surface area contributed by atoms with Gasteiger partial charge in [-0.1, -0.05) is 18.7 Å². The summed E-state index contributed by atoms with van der Waals surface area (Å²) in [5.74, 6) is -0.971. The molecule has 0 aromatic rings. The Bertz CT molecular complexity index is 487. The molecule has 4 atom stereocenters. The number of carbonyl (C=O) groups is 1. The van der Waals surface area contributed by atoms with Gasteiger partial charge in [-0.25, -0.2) is 4.79 Å². The van der Waals surface area contributed by atoms with E-state index in [9.17, 15) is 25.2 Å². The van der Waals surface area contributed by atoms with Crippen LogP contribution in [0.1, 0.15) is 13.8 Å². The number of ether oxygens (including phenoxy) is 1. The molecule has 5 N–H and O–H groups in total. The highest BCUT2D eigenvalue weighted by molar-refractivity contribution is 5.88. The van der Waals surface area contributed by atoms with Crippen LogP contribution in [0.3, 0.4) is 0 Å². The Balaban J connectivity index is 2.91. The first-order chi connectivity index (χ1) is 10.1. The molecule has 1 aliphatic carbocycles. The van der Waals surface area contributed by atoms with Crippen LogP contribution >= 0.6 is 0 Å². The van der Waals surface area contributed by atoms with Gasteiger partial charge in [-0.3, -0.25) is 0 Å². The molecule has 1 rings (SSSR count). The maximum absolute atomic E-state index is 11.5. The summed E-state index contributed by atoms with van der Waals surface area (Å²) in [6.45, 7) is 5.71. The van der Waals surface area contributed by atoms with Crippen LogP contribution in [0.25, 0.3) is 0 Å². The molecule has 0 spiro atoms. The van der Waals surface area contributed by atoms with Crippen LogP contribution in [0.2, 0.25) is 0 Å². The van der Waals surface area contributed by atoms with Crippen molar-refractivity contribution in [2.45, 2.75) is 43.9 Å². The summed E-state index contributed by atoms with van der Waals surface area (Å²) < 4.78 is 4.86. The normalized spacial score (nSPS) is 29.3.